The van der Waals surface area contributed by atoms with Crippen molar-refractivity contribution in [1.29, 1.82) is 0 Å². The topological polar surface area (TPSA) is 46.6 Å². The maximum Gasteiger partial charge on any atom is 0.214 e. The van der Waals surface area contributed by atoms with Crippen molar-refractivity contribution >= 4 is 10.0 Å². The van der Waals surface area contributed by atoms with Gasteiger partial charge in [-0.3, -0.25) is 0 Å². The largest absolute Gasteiger partial charge is 0.487 e. The number of benzene rings is 1. The van der Waals surface area contributed by atoms with Gasteiger partial charge >= 0.3 is 0 Å². The summed E-state index contributed by atoms with van der Waals surface area (Å²) in [6.45, 7) is 7.78. The van der Waals surface area contributed by atoms with E-state index in [2.05, 4.69) is 13.0 Å². The fourth-order valence-corrected chi connectivity index (χ4v) is 3.79. The Hall–Kier alpha value is -1.07. The minimum absolute atomic E-state index is 0.115. The lowest BCUT2D eigenvalue weighted by molar-refractivity contribution is 0.0541. The fourth-order valence-electron chi connectivity index (χ4n) is 2.81. The van der Waals surface area contributed by atoms with Gasteiger partial charge in [-0.15, -0.1) is 0 Å². The molecule has 0 spiro atoms. The molecular formula is C16H25NO3S. The summed E-state index contributed by atoms with van der Waals surface area (Å²) in [6, 6.07) is 5.93. The number of nitrogens with zero attached hydrogens (tertiary/aromatic N) is 1. The third kappa shape index (κ3) is 3.24. The van der Waals surface area contributed by atoms with Gasteiger partial charge in [-0.25, -0.2) is 8.42 Å². The van der Waals surface area contributed by atoms with Crippen molar-refractivity contribution in [3.8, 4) is 5.75 Å². The molecule has 0 saturated heterocycles. The lowest BCUT2D eigenvalue weighted by Crippen LogP contribution is -2.42. The van der Waals surface area contributed by atoms with Crippen LogP contribution in [0.4, 0.5) is 0 Å². The van der Waals surface area contributed by atoms with Crippen LogP contribution in [0.2, 0.25) is 0 Å². The van der Waals surface area contributed by atoms with Crippen LogP contribution in [0.1, 0.15) is 51.3 Å². The summed E-state index contributed by atoms with van der Waals surface area (Å²) in [7, 11) is -1.56. The summed E-state index contributed by atoms with van der Waals surface area (Å²) in [4.78, 5) is 0. The normalized spacial score (nSPS) is 21.0. The van der Waals surface area contributed by atoms with Crippen LogP contribution >= 0.6 is 0 Å². The second-order valence-electron chi connectivity index (χ2n) is 6.22. The predicted octanol–water partition coefficient (Wildman–Crippen LogP) is 3.13. The molecule has 0 fully saturated rings. The maximum atomic E-state index is 12.3. The molecule has 4 nitrogen and oxygen atoms in total. The monoisotopic (exact) mass is 311 g/mol. The minimum Gasteiger partial charge on any atom is -0.487 e. The molecule has 118 valence electrons. The molecule has 1 atom stereocenters. The Morgan fingerprint density at radius 1 is 1.33 bits per heavy atom. The molecule has 0 radical (unpaired) electrons. The van der Waals surface area contributed by atoms with Crippen molar-refractivity contribution in [3.63, 3.8) is 0 Å². The quantitative estimate of drug-likeness (QED) is 0.858. The van der Waals surface area contributed by atoms with Gasteiger partial charge in [0.25, 0.3) is 0 Å². The second-order valence-corrected chi connectivity index (χ2v) is 8.54. The lowest BCUT2D eigenvalue weighted by Gasteiger charge is -2.41. The predicted molar refractivity (Wildman–Crippen MR) is 85.1 cm³/mol. The number of hydrogen-bond acceptors (Lipinski definition) is 3. The Balaban J connectivity index is 2.51. The van der Waals surface area contributed by atoms with E-state index in [-0.39, 0.29) is 17.4 Å². The van der Waals surface area contributed by atoms with Crippen LogP contribution in [-0.4, -0.2) is 31.1 Å². The molecule has 0 saturated carbocycles. The standard InChI is InChI=1S/C16H25NO3S/c1-6-12-8-9-15-13(10-12)14(11-16(3,4)20-15)17(5)21(18,19)7-2/h8-10,14H,6-7,11H2,1-5H3. The Morgan fingerprint density at radius 2 is 2.00 bits per heavy atom. The number of rotatable bonds is 4. The van der Waals surface area contributed by atoms with E-state index in [4.69, 9.17) is 4.74 Å². The highest BCUT2D eigenvalue weighted by Crippen LogP contribution is 2.43. The molecule has 2 rings (SSSR count). The number of aryl methyl sites for hydroxylation is 1. The van der Waals surface area contributed by atoms with Gasteiger partial charge in [0.2, 0.25) is 10.0 Å². The van der Waals surface area contributed by atoms with E-state index in [1.165, 1.54) is 9.87 Å². The minimum atomic E-state index is -3.23. The van der Waals surface area contributed by atoms with Crippen LogP contribution in [0, 0.1) is 0 Å². The second kappa shape index (κ2) is 5.61. The first-order valence-corrected chi connectivity index (χ1v) is 9.08. The third-order valence-electron chi connectivity index (χ3n) is 4.16. The number of sulfonamides is 1. The zero-order chi connectivity index (χ0) is 15.8. The van der Waals surface area contributed by atoms with Crippen molar-refractivity contribution in [1.82, 2.24) is 4.31 Å². The van der Waals surface area contributed by atoms with E-state index in [1.54, 1.807) is 14.0 Å². The summed E-state index contributed by atoms with van der Waals surface area (Å²) < 4.78 is 32.1. The van der Waals surface area contributed by atoms with Crippen LogP contribution in [-0.2, 0) is 16.4 Å². The van der Waals surface area contributed by atoms with Crippen LogP contribution in [0.15, 0.2) is 18.2 Å². The zero-order valence-electron chi connectivity index (χ0n) is 13.5. The van der Waals surface area contributed by atoms with Gasteiger partial charge < -0.3 is 4.74 Å². The molecule has 0 amide bonds. The van der Waals surface area contributed by atoms with E-state index < -0.39 is 10.0 Å². The SMILES string of the molecule is CCc1ccc2c(c1)C(N(C)S(=O)(=O)CC)CC(C)(C)O2. The molecule has 0 aliphatic carbocycles. The average Bonchev–Trinajstić information content (AvgIpc) is 2.44. The maximum absolute atomic E-state index is 12.3. The third-order valence-corrected chi connectivity index (χ3v) is 6.02. The molecule has 1 heterocycles. The van der Waals surface area contributed by atoms with Gasteiger partial charge in [-0.1, -0.05) is 19.1 Å². The van der Waals surface area contributed by atoms with Crippen LogP contribution in [0.25, 0.3) is 0 Å². The zero-order valence-corrected chi connectivity index (χ0v) is 14.3. The fraction of sp³-hybridized carbons (Fsp3) is 0.625. The van der Waals surface area contributed by atoms with E-state index in [9.17, 15) is 8.42 Å². The molecule has 0 bridgehead atoms. The van der Waals surface area contributed by atoms with Gasteiger partial charge in [0, 0.05) is 19.0 Å². The van der Waals surface area contributed by atoms with Crippen LogP contribution < -0.4 is 4.74 Å². The molecule has 1 aromatic rings. The number of ether oxygens (including phenoxy) is 1. The molecule has 1 aliphatic heterocycles. The van der Waals surface area contributed by atoms with Gasteiger partial charge in [-0.2, -0.15) is 4.31 Å². The smallest absolute Gasteiger partial charge is 0.214 e. The molecule has 21 heavy (non-hydrogen) atoms. The first-order valence-electron chi connectivity index (χ1n) is 7.47. The average molecular weight is 311 g/mol. The van der Waals surface area contributed by atoms with Crippen molar-refractivity contribution in [2.45, 2.75) is 52.2 Å². The van der Waals surface area contributed by atoms with Crippen molar-refractivity contribution in [3.05, 3.63) is 29.3 Å². The Bertz CT molecular complexity index is 622. The van der Waals surface area contributed by atoms with Crippen LogP contribution in [0.5, 0.6) is 5.75 Å². The molecular weight excluding hydrogens is 286 g/mol. The first kappa shape index (κ1) is 16.3. The Kier molecular flexibility index (Phi) is 4.36. The highest BCUT2D eigenvalue weighted by atomic mass is 32.2. The molecule has 1 unspecified atom stereocenters. The number of hydrogen-bond donors (Lipinski definition) is 0. The Labute approximate surface area is 128 Å². The van der Waals surface area contributed by atoms with Crippen molar-refractivity contribution in [2.24, 2.45) is 0 Å². The van der Waals surface area contributed by atoms with Gasteiger partial charge in [0.15, 0.2) is 0 Å². The van der Waals surface area contributed by atoms with E-state index >= 15 is 0 Å². The molecule has 0 N–H and O–H groups in total. The van der Waals surface area contributed by atoms with Crippen molar-refractivity contribution < 1.29 is 13.2 Å². The van der Waals surface area contributed by atoms with Gasteiger partial charge in [0.1, 0.15) is 11.4 Å². The van der Waals surface area contributed by atoms with Gasteiger partial charge in [0.05, 0.1) is 11.8 Å². The summed E-state index contributed by atoms with van der Waals surface area (Å²) in [5.74, 6) is 0.913. The summed E-state index contributed by atoms with van der Waals surface area (Å²) in [6.07, 6.45) is 1.58. The van der Waals surface area contributed by atoms with E-state index in [1.807, 2.05) is 26.0 Å². The van der Waals surface area contributed by atoms with Crippen LogP contribution in [0.3, 0.4) is 0 Å². The Morgan fingerprint density at radius 3 is 2.57 bits per heavy atom. The summed E-state index contributed by atoms with van der Waals surface area (Å²) in [5, 5.41) is 0. The van der Waals surface area contributed by atoms with E-state index in [0.29, 0.717) is 6.42 Å². The lowest BCUT2D eigenvalue weighted by atomic mass is 9.88. The van der Waals surface area contributed by atoms with E-state index in [0.717, 1.165) is 17.7 Å². The molecule has 5 heteroatoms. The molecule has 1 aromatic carbocycles. The summed E-state index contributed by atoms with van der Waals surface area (Å²) >= 11 is 0. The first-order chi connectivity index (χ1) is 9.70. The van der Waals surface area contributed by atoms with Crippen molar-refractivity contribution in [2.75, 3.05) is 12.8 Å². The molecule has 0 aromatic heterocycles. The summed E-state index contributed by atoms with van der Waals surface area (Å²) in [5.41, 5.74) is 1.81. The number of fused-ring (bicyclic) bond motifs is 1. The highest BCUT2D eigenvalue weighted by molar-refractivity contribution is 7.89. The molecule has 1 aliphatic rings. The van der Waals surface area contributed by atoms with Gasteiger partial charge in [-0.05, 0) is 38.8 Å². The highest BCUT2D eigenvalue weighted by Gasteiger charge is 2.38.